The van der Waals surface area contributed by atoms with Crippen molar-refractivity contribution in [3.05, 3.63) is 29.8 Å². The van der Waals surface area contributed by atoms with Crippen LogP contribution in [0, 0.1) is 0 Å². The van der Waals surface area contributed by atoms with Gasteiger partial charge in [0.15, 0.2) is 11.0 Å². The molecule has 12 heteroatoms. The van der Waals surface area contributed by atoms with Crippen LogP contribution < -0.4 is 0 Å². The van der Waals surface area contributed by atoms with E-state index in [1.165, 1.54) is 11.1 Å². The molecule has 0 aromatic carbocycles. The van der Waals surface area contributed by atoms with Crippen molar-refractivity contribution in [2.75, 3.05) is 0 Å². The lowest BCUT2D eigenvalue weighted by atomic mass is 10.2. The monoisotopic (exact) mass is 405 g/mol. The normalized spacial score (nSPS) is 15.7. The van der Waals surface area contributed by atoms with Crippen molar-refractivity contribution in [2.45, 2.75) is 57.1 Å². The summed E-state index contributed by atoms with van der Waals surface area (Å²) < 4.78 is 56.8. The van der Waals surface area contributed by atoms with Crippen LogP contribution in [0.4, 0.5) is 18.0 Å². The van der Waals surface area contributed by atoms with Gasteiger partial charge in [-0.15, -0.1) is 0 Å². The number of amides is 1. The highest BCUT2D eigenvalue weighted by molar-refractivity contribution is 7.83. The van der Waals surface area contributed by atoms with Crippen molar-refractivity contribution in [3.63, 3.8) is 0 Å². The third-order valence-corrected chi connectivity index (χ3v) is 4.67. The van der Waals surface area contributed by atoms with Crippen molar-refractivity contribution in [1.29, 1.82) is 0 Å². The van der Waals surface area contributed by atoms with Crippen molar-refractivity contribution >= 4 is 17.1 Å². The molecule has 1 atom stereocenters. The highest BCUT2D eigenvalue weighted by Crippen LogP contribution is 2.25. The fraction of sp³-hybridized carbons (Fsp3) is 0.533. The standard InChI is InChI=1S/C15H18F3N5O3S/c1-14(2,3)26-13(24)21-5-10-6-23(20-12(10)8-21)27(25)11-4-19-22(7-11)9-15(16,17)18/h4,6-7H,5,8-9H2,1-3H3. The molecule has 0 spiro atoms. The van der Waals surface area contributed by atoms with Crippen molar-refractivity contribution in [1.82, 2.24) is 23.9 Å². The van der Waals surface area contributed by atoms with E-state index in [1.807, 2.05) is 0 Å². The Kier molecular flexibility index (Phi) is 4.78. The van der Waals surface area contributed by atoms with E-state index in [2.05, 4.69) is 10.2 Å². The summed E-state index contributed by atoms with van der Waals surface area (Å²) in [6, 6.07) is 0. The van der Waals surface area contributed by atoms with Gasteiger partial charge >= 0.3 is 12.3 Å². The molecule has 1 amide bonds. The van der Waals surface area contributed by atoms with Gasteiger partial charge in [-0.3, -0.25) is 9.58 Å². The first-order chi connectivity index (χ1) is 12.4. The van der Waals surface area contributed by atoms with Crippen LogP contribution in [-0.4, -0.2) is 45.9 Å². The highest BCUT2D eigenvalue weighted by Gasteiger charge is 2.31. The number of hydrogen-bond donors (Lipinski definition) is 0. The third-order valence-electron chi connectivity index (χ3n) is 3.53. The predicted molar refractivity (Wildman–Crippen MR) is 87.8 cm³/mol. The first-order valence-corrected chi connectivity index (χ1v) is 9.09. The van der Waals surface area contributed by atoms with Gasteiger partial charge in [0.2, 0.25) is 0 Å². The number of carbonyl (C=O) groups excluding carboxylic acids is 1. The number of halogens is 3. The minimum absolute atomic E-state index is 0.101. The summed E-state index contributed by atoms with van der Waals surface area (Å²) in [7, 11) is -1.83. The molecular formula is C15H18F3N5O3S. The molecule has 0 N–H and O–H groups in total. The Hall–Kier alpha value is -2.37. The van der Waals surface area contributed by atoms with E-state index < -0.39 is 35.4 Å². The Morgan fingerprint density at radius 1 is 1.26 bits per heavy atom. The molecule has 0 bridgehead atoms. The summed E-state index contributed by atoms with van der Waals surface area (Å²) in [5.74, 6) is 0. The average Bonchev–Trinajstić information content (AvgIpc) is 3.16. The largest absolute Gasteiger partial charge is 0.444 e. The molecule has 0 fully saturated rings. The van der Waals surface area contributed by atoms with Crippen LogP contribution in [0.1, 0.15) is 32.0 Å². The quantitative estimate of drug-likeness (QED) is 0.784. The minimum atomic E-state index is -4.41. The molecule has 0 saturated heterocycles. The maximum absolute atomic E-state index is 12.5. The Morgan fingerprint density at radius 2 is 1.96 bits per heavy atom. The van der Waals surface area contributed by atoms with Crippen molar-refractivity contribution in [2.24, 2.45) is 0 Å². The third kappa shape index (κ3) is 4.67. The fourth-order valence-corrected chi connectivity index (χ4v) is 3.44. The lowest BCUT2D eigenvalue weighted by Gasteiger charge is -2.24. The number of fused-ring (bicyclic) bond motifs is 1. The van der Waals surface area contributed by atoms with Gasteiger partial charge in [0.25, 0.3) is 0 Å². The molecule has 8 nitrogen and oxygen atoms in total. The molecule has 2 aromatic rings. The Bertz CT molecular complexity index is 861. The Labute approximate surface area is 155 Å². The lowest BCUT2D eigenvalue weighted by molar-refractivity contribution is -0.142. The summed E-state index contributed by atoms with van der Waals surface area (Å²) >= 11 is 0. The lowest BCUT2D eigenvalue weighted by Crippen LogP contribution is -2.33. The summed E-state index contributed by atoms with van der Waals surface area (Å²) in [5.41, 5.74) is 0.656. The first kappa shape index (κ1) is 19.4. The fourth-order valence-electron chi connectivity index (χ4n) is 2.48. The second-order valence-electron chi connectivity index (χ2n) is 7.08. The molecule has 0 saturated carbocycles. The smallest absolute Gasteiger partial charge is 0.410 e. The molecule has 1 aliphatic rings. The molecular weight excluding hydrogens is 387 g/mol. The molecule has 0 radical (unpaired) electrons. The van der Waals surface area contributed by atoms with Crippen LogP contribution in [0.2, 0.25) is 0 Å². The van der Waals surface area contributed by atoms with Crippen LogP contribution in [-0.2, 0) is 35.4 Å². The van der Waals surface area contributed by atoms with Gasteiger partial charge in [-0.2, -0.15) is 27.5 Å². The second kappa shape index (κ2) is 6.66. The zero-order chi connectivity index (χ0) is 20.0. The minimum Gasteiger partial charge on any atom is -0.444 e. The number of ether oxygens (including phenoxy) is 1. The van der Waals surface area contributed by atoms with Crippen molar-refractivity contribution in [3.8, 4) is 0 Å². The van der Waals surface area contributed by atoms with Gasteiger partial charge in [0.05, 0.1) is 29.9 Å². The van der Waals surface area contributed by atoms with Gasteiger partial charge in [0, 0.05) is 18.0 Å². The zero-order valence-corrected chi connectivity index (χ0v) is 15.7. The molecule has 3 rings (SSSR count). The Morgan fingerprint density at radius 3 is 2.56 bits per heavy atom. The molecule has 27 heavy (non-hydrogen) atoms. The number of carbonyl (C=O) groups is 1. The summed E-state index contributed by atoms with van der Waals surface area (Å²) in [6.07, 6.45) is -1.19. The van der Waals surface area contributed by atoms with E-state index in [9.17, 15) is 22.2 Å². The van der Waals surface area contributed by atoms with E-state index in [1.54, 1.807) is 20.8 Å². The summed E-state index contributed by atoms with van der Waals surface area (Å²) in [6.45, 7) is 4.51. The molecule has 1 aliphatic heterocycles. The van der Waals surface area contributed by atoms with Gasteiger partial charge in [-0.05, 0) is 20.8 Å². The maximum atomic E-state index is 12.5. The van der Waals surface area contributed by atoms with Crippen LogP contribution in [0.15, 0.2) is 23.5 Å². The molecule has 2 aromatic heterocycles. The van der Waals surface area contributed by atoms with Crippen LogP contribution >= 0.6 is 0 Å². The first-order valence-electron chi connectivity index (χ1n) is 7.98. The summed E-state index contributed by atoms with van der Waals surface area (Å²) in [5, 5.41) is 7.76. The second-order valence-corrected chi connectivity index (χ2v) is 8.42. The zero-order valence-electron chi connectivity index (χ0n) is 14.9. The van der Waals surface area contributed by atoms with Crippen LogP contribution in [0.3, 0.4) is 0 Å². The van der Waals surface area contributed by atoms with Crippen LogP contribution in [0.5, 0.6) is 0 Å². The number of alkyl halides is 3. The van der Waals surface area contributed by atoms with Crippen LogP contribution in [0.25, 0.3) is 0 Å². The van der Waals surface area contributed by atoms with E-state index >= 15 is 0 Å². The number of hydrogen-bond acceptors (Lipinski definition) is 5. The average molecular weight is 405 g/mol. The van der Waals surface area contributed by atoms with E-state index in [4.69, 9.17) is 4.74 Å². The maximum Gasteiger partial charge on any atom is 0.410 e. The van der Waals surface area contributed by atoms with E-state index in [-0.39, 0.29) is 18.0 Å². The predicted octanol–water partition coefficient (Wildman–Crippen LogP) is 2.46. The SMILES string of the molecule is CC(C)(C)OC(=O)N1Cc2cn(S(=O)c3cnn(CC(F)(F)F)c3)nc2C1. The number of aromatic nitrogens is 4. The van der Waals surface area contributed by atoms with Gasteiger partial charge in [-0.1, -0.05) is 0 Å². The summed E-state index contributed by atoms with van der Waals surface area (Å²) in [4.78, 5) is 13.7. The topological polar surface area (TPSA) is 82.3 Å². The van der Waals surface area contributed by atoms with Gasteiger partial charge < -0.3 is 4.74 Å². The van der Waals surface area contributed by atoms with Gasteiger partial charge in [0.1, 0.15) is 12.1 Å². The number of nitrogens with zero attached hydrogens (tertiary/aromatic N) is 5. The Balaban J connectivity index is 1.68. The molecule has 3 heterocycles. The number of rotatable bonds is 3. The van der Waals surface area contributed by atoms with E-state index in [0.717, 1.165) is 16.5 Å². The molecule has 0 aliphatic carbocycles. The molecule has 148 valence electrons. The van der Waals surface area contributed by atoms with Crippen molar-refractivity contribution < 1.29 is 26.9 Å². The van der Waals surface area contributed by atoms with Gasteiger partial charge in [-0.25, -0.2) is 9.00 Å². The molecule has 1 unspecified atom stereocenters. The van der Waals surface area contributed by atoms with E-state index in [0.29, 0.717) is 15.9 Å². The highest BCUT2D eigenvalue weighted by atomic mass is 32.2.